The first-order valence-corrected chi connectivity index (χ1v) is 8.41. The highest BCUT2D eigenvalue weighted by Gasteiger charge is 2.17. The fourth-order valence-electron chi connectivity index (χ4n) is 2.85. The van der Waals surface area contributed by atoms with Crippen LogP contribution < -0.4 is 21.3 Å². The lowest BCUT2D eigenvalue weighted by atomic mass is 10.0. The van der Waals surface area contributed by atoms with Crippen LogP contribution in [0.3, 0.4) is 0 Å². The third-order valence-electron chi connectivity index (χ3n) is 4.23. The molecule has 6 N–H and O–H groups in total. The van der Waals surface area contributed by atoms with E-state index >= 15 is 0 Å². The summed E-state index contributed by atoms with van der Waals surface area (Å²) in [6.07, 6.45) is 11.7. The standard InChI is InChI=1S/C16H30N4O2/c21-15(19-11-7-13-5-1-3-9-17-13)16(22)20-12-8-14-6-2-4-10-18-14/h1,3,5,9,13-22H,2,4,6-8,10-12H2. The van der Waals surface area contributed by atoms with Crippen LogP contribution in [0.25, 0.3) is 0 Å². The summed E-state index contributed by atoms with van der Waals surface area (Å²) >= 11 is 0. The molecule has 4 unspecified atom stereocenters. The van der Waals surface area contributed by atoms with Gasteiger partial charge >= 0.3 is 0 Å². The highest BCUT2D eigenvalue weighted by Crippen LogP contribution is 2.09. The van der Waals surface area contributed by atoms with Crippen molar-refractivity contribution in [3.63, 3.8) is 0 Å². The molecule has 6 nitrogen and oxygen atoms in total. The lowest BCUT2D eigenvalue weighted by Crippen LogP contribution is -2.49. The molecule has 0 aromatic heterocycles. The van der Waals surface area contributed by atoms with Gasteiger partial charge in [-0.1, -0.05) is 18.6 Å². The molecular weight excluding hydrogens is 280 g/mol. The molecule has 126 valence electrons. The summed E-state index contributed by atoms with van der Waals surface area (Å²) in [5.74, 6) is 0. The van der Waals surface area contributed by atoms with Crippen LogP contribution in [0.5, 0.6) is 0 Å². The number of hydrogen-bond donors (Lipinski definition) is 6. The largest absolute Gasteiger partial charge is 0.385 e. The van der Waals surface area contributed by atoms with Crippen molar-refractivity contribution in [3.05, 3.63) is 24.4 Å². The average Bonchev–Trinajstić information content (AvgIpc) is 2.56. The summed E-state index contributed by atoms with van der Waals surface area (Å²) in [6.45, 7) is 2.44. The molecule has 0 spiro atoms. The van der Waals surface area contributed by atoms with E-state index in [1.54, 1.807) is 0 Å². The van der Waals surface area contributed by atoms with Gasteiger partial charge in [-0.05, 0) is 57.6 Å². The quantitative estimate of drug-likeness (QED) is 0.330. The molecule has 0 aromatic rings. The minimum absolute atomic E-state index is 0.284. The van der Waals surface area contributed by atoms with Crippen LogP contribution in [0.1, 0.15) is 32.1 Å². The molecule has 4 atom stereocenters. The molecule has 1 saturated heterocycles. The second-order valence-electron chi connectivity index (χ2n) is 6.04. The fourth-order valence-corrected chi connectivity index (χ4v) is 2.85. The Balaban J connectivity index is 1.51. The molecule has 0 radical (unpaired) electrons. The van der Waals surface area contributed by atoms with E-state index in [-0.39, 0.29) is 6.04 Å². The van der Waals surface area contributed by atoms with Crippen molar-refractivity contribution >= 4 is 0 Å². The van der Waals surface area contributed by atoms with Crippen LogP contribution >= 0.6 is 0 Å². The fraction of sp³-hybridized carbons (Fsp3) is 0.750. The van der Waals surface area contributed by atoms with Gasteiger partial charge in [0.1, 0.15) is 12.5 Å². The third kappa shape index (κ3) is 6.46. The van der Waals surface area contributed by atoms with E-state index in [4.69, 9.17) is 0 Å². The molecule has 0 aliphatic carbocycles. The minimum Gasteiger partial charge on any atom is -0.385 e. The molecule has 0 amide bonds. The van der Waals surface area contributed by atoms with Crippen LogP contribution in [0.2, 0.25) is 0 Å². The first-order valence-electron chi connectivity index (χ1n) is 8.41. The minimum atomic E-state index is -0.942. The van der Waals surface area contributed by atoms with E-state index in [0.29, 0.717) is 19.1 Å². The summed E-state index contributed by atoms with van der Waals surface area (Å²) in [5, 5.41) is 32.4. The Kier molecular flexibility index (Phi) is 7.90. The molecule has 2 heterocycles. The molecule has 22 heavy (non-hydrogen) atoms. The van der Waals surface area contributed by atoms with Gasteiger partial charge in [-0.2, -0.15) is 0 Å². The van der Waals surface area contributed by atoms with Crippen molar-refractivity contribution in [1.29, 1.82) is 0 Å². The molecule has 2 aliphatic heterocycles. The van der Waals surface area contributed by atoms with Crippen molar-refractivity contribution < 1.29 is 10.2 Å². The van der Waals surface area contributed by atoms with Gasteiger partial charge in [0.25, 0.3) is 0 Å². The normalized spacial score (nSPS) is 27.4. The van der Waals surface area contributed by atoms with E-state index in [1.165, 1.54) is 19.3 Å². The first-order chi connectivity index (χ1) is 10.8. The van der Waals surface area contributed by atoms with E-state index in [1.807, 2.05) is 18.4 Å². The van der Waals surface area contributed by atoms with Crippen molar-refractivity contribution in [2.45, 2.75) is 56.6 Å². The summed E-state index contributed by atoms with van der Waals surface area (Å²) in [7, 11) is 0. The zero-order valence-electron chi connectivity index (χ0n) is 13.2. The molecule has 0 bridgehead atoms. The number of aliphatic hydroxyl groups excluding tert-OH is 2. The van der Waals surface area contributed by atoms with E-state index < -0.39 is 12.5 Å². The van der Waals surface area contributed by atoms with E-state index in [2.05, 4.69) is 27.3 Å². The van der Waals surface area contributed by atoms with Gasteiger partial charge in [0.05, 0.1) is 0 Å². The highest BCUT2D eigenvalue weighted by atomic mass is 16.4. The molecule has 0 aromatic carbocycles. The zero-order chi connectivity index (χ0) is 15.6. The van der Waals surface area contributed by atoms with Gasteiger partial charge in [0, 0.05) is 12.1 Å². The topological polar surface area (TPSA) is 88.6 Å². The van der Waals surface area contributed by atoms with Gasteiger partial charge in [-0.25, -0.2) is 0 Å². The number of nitrogens with one attached hydrogen (secondary N) is 4. The average molecular weight is 310 g/mol. The monoisotopic (exact) mass is 310 g/mol. The maximum absolute atomic E-state index is 9.90. The second kappa shape index (κ2) is 9.97. The Labute approximate surface area is 133 Å². The molecule has 0 saturated carbocycles. The number of rotatable bonds is 9. The van der Waals surface area contributed by atoms with Crippen LogP contribution in [-0.4, -0.2) is 54.4 Å². The Morgan fingerprint density at radius 1 is 1.05 bits per heavy atom. The first kappa shape index (κ1) is 17.4. The number of hydrogen-bond acceptors (Lipinski definition) is 6. The predicted octanol–water partition coefficient (Wildman–Crippen LogP) is -0.234. The van der Waals surface area contributed by atoms with Crippen LogP contribution in [-0.2, 0) is 0 Å². The van der Waals surface area contributed by atoms with E-state index in [9.17, 15) is 10.2 Å². The molecule has 2 rings (SSSR count). The molecule has 2 aliphatic rings. The maximum atomic E-state index is 9.90. The summed E-state index contributed by atoms with van der Waals surface area (Å²) in [6, 6.07) is 0.822. The Bertz CT molecular complexity index is 356. The number of allylic oxidation sites excluding steroid dienone is 2. The number of aliphatic hydroxyl groups is 2. The predicted molar refractivity (Wildman–Crippen MR) is 88.1 cm³/mol. The highest BCUT2D eigenvalue weighted by molar-refractivity contribution is 5.11. The van der Waals surface area contributed by atoms with Crippen molar-refractivity contribution in [1.82, 2.24) is 21.3 Å². The number of piperidine rings is 1. The summed E-state index contributed by atoms with van der Waals surface area (Å²) < 4.78 is 0. The Morgan fingerprint density at radius 2 is 1.82 bits per heavy atom. The smallest absolute Gasteiger partial charge is 0.144 e. The van der Waals surface area contributed by atoms with E-state index in [0.717, 1.165) is 19.4 Å². The van der Waals surface area contributed by atoms with Gasteiger partial charge in [-0.3, -0.25) is 10.6 Å². The Hall–Kier alpha value is -0.920. The Morgan fingerprint density at radius 3 is 2.45 bits per heavy atom. The van der Waals surface area contributed by atoms with Gasteiger partial charge in [0.2, 0.25) is 0 Å². The third-order valence-corrected chi connectivity index (χ3v) is 4.23. The van der Waals surface area contributed by atoms with Crippen LogP contribution in [0, 0.1) is 0 Å². The van der Waals surface area contributed by atoms with Crippen molar-refractivity contribution in [2.24, 2.45) is 0 Å². The lowest BCUT2D eigenvalue weighted by molar-refractivity contribution is -0.0211. The number of dihydropyridines is 1. The SMILES string of the molecule is OC(NCCC1C=CC=CN1)C(O)NCCC1CCCCN1. The zero-order valence-corrected chi connectivity index (χ0v) is 13.2. The van der Waals surface area contributed by atoms with Crippen molar-refractivity contribution in [3.8, 4) is 0 Å². The maximum Gasteiger partial charge on any atom is 0.144 e. The van der Waals surface area contributed by atoms with Crippen LogP contribution in [0.15, 0.2) is 24.4 Å². The molecular formula is C16H30N4O2. The second-order valence-corrected chi connectivity index (χ2v) is 6.04. The summed E-state index contributed by atoms with van der Waals surface area (Å²) in [5.41, 5.74) is 0. The van der Waals surface area contributed by atoms with Gasteiger partial charge in [0.15, 0.2) is 0 Å². The lowest BCUT2D eigenvalue weighted by Gasteiger charge is -2.25. The molecule has 1 fully saturated rings. The molecule has 6 heteroatoms. The van der Waals surface area contributed by atoms with Crippen molar-refractivity contribution in [2.75, 3.05) is 19.6 Å². The van der Waals surface area contributed by atoms with Gasteiger partial charge < -0.3 is 20.8 Å². The van der Waals surface area contributed by atoms with Gasteiger partial charge in [-0.15, -0.1) is 0 Å². The van der Waals surface area contributed by atoms with Crippen LogP contribution in [0.4, 0.5) is 0 Å². The summed E-state index contributed by atoms with van der Waals surface area (Å²) in [4.78, 5) is 0.